The van der Waals surface area contributed by atoms with Gasteiger partial charge in [-0.05, 0) is 11.1 Å². The maximum Gasteiger partial charge on any atom is 0.404 e. The maximum absolute atomic E-state index is 12.5. The van der Waals surface area contributed by atoms with E-state index in [1.165, 1.54) is 0 Å². The highest BCUT2D eigenvalue weighted by Gasteiger charge is 2.59. The fraction of sp³-hybridized carbons (Fsp3) is 0.500. The van der Waals surface area contributed by atoms with Crippen molar-refractivity contribution in [3.8, 4) is 0 Å². The van der Waals surface area contributed by atoms with Gasteiger partial charge in [0.1, 0.15) is 0 Å². The highest BCUT2D eigenvalue weighted by molar-refractivity contribution is 5.32. The van der Waals surface area contributed by atoms with E-state index in [0.717, 1.165) is 0 Å². The molecule has 0 nitrogen and oxygen atoms in total. The molecule has 0 aliphatic heterocycles. The van der Waals surface area contributed by atoms with E-state index in [4.69, 9.17) is 0 Å². The first-order valence-electron chi connectivity index (χ1n) is 5.82. The van der Waals surface area contributed by atoms with Gasteiger partial charge in [0.15, 0.2) is 11.8 Å². The Bertz CT molecular complexity index is 484. The van der Waals surface area contributed by atoms with Gasteiger partial charge < -0.3 is 0 Å². The van der Waals surface area contributed by atoms with Crippen LogP contribution >= 0.6 is 0 Å². The fourth-order valence-electron chi connectivity index (χ4n) is 2.05. The van der Waals surface area contributed by atoms with Crippen molar-refractivity contribution in [1.29, 1.82) is 0 Å². The summed E-state index contributed by atoms with van der Waals surface area (Å²) in [6.07, 6.45) is -23.8. The molecular weight excluding hydrogens is 372 g/mol. The monoisotopic (exact) mass is 378 g/mol. The van der Waals surface area contributed by atoms with Crippen molar-refractivity contribution in [2.24, 2.45) is 0 Å². The van der Waals surface area contributed by atoms with Crippen LogP contribution in [-0.2, 0) is 0 Å². The van der Waals surface area contributed by atoms with E-state index in [9.17, 15) is 52.7 Å². The molecule has 0 N–H and O–H groups in total. The smallest absolute Gasteiger partial charge is 0.170 e. The number of benzene rings is 1. The molecule has 1 rings (SSSR count). The minimum absolute atomic E-state index is 0.166. The van der Waals surface area contributed by atoms with Crippen LogP contribution in [0.1, 0.15) is 23.0 Å². The molecule has 0 amide bonds. The average Bonchev–Trinajstić information content (AvgIpc) is 2.20. The van der Waals surface area contributed by atoms with Crippen LogP contribution in [0.15, 0.2) is 24.3 Å². The average molecular weight is 378 g/mol. The van der Waals surface area contributed by atoms with Gasteiger partial charge in [0.05, 0.1) is 0 Å². The van der Waals surface area contributed by atoms with Gasteiger partial charge in [-0.2, -0.15) is 52.7 Å². The van der Waals surface area contributed by atoms with Crippen molar-refractivity contribution in [3.63, 3.8) is 0 Å². The molecule has 0 spiro atoms. The first-order chi connectivity index (χ1) is 10.5. The van der Waals surface area contributed by atoms with E-state index in [-0.39, 0.29) is 24.3 Å². The summed E-state index contributed by atoms with van der Waals surface area (Å²) in [6, 6.07) is 0.231. The summed E-state index contributed by atoms with van der Waals surface area (Å²) in [6.45, 7) is 0. The second-order valence-corrected chi connectivity index (χ2v) is 4.70. The van der Waals surface area contributed by atoms with Crippen LogP contribution in [0.5, 0.6) is 0 Å². The van der Waals surface area contributed by atoms with Crippen molar-refractivity contribution < 1.29 is 52.7 Å². The maximum atomic E-state index is 12.5. The topological polar surface area (TPSA) is 0 Å². The number of halogens is 12. The number of rotatable bonds is 2. The SMILES string of the molecule is FC(F)(F)C(c1cccc(C(C(F)(F)F)C(F)(F)F)c1)C(F)(F)F. The zero-order valence-electron chi connectivity index (χ0n) is 11.0. The first kappa shape index (κ1) is 20.4. The van der Waals surface area contributed by atoms with E-state index >= 15 is 0 Å². The summed E-state index contributed by atoms with van der Waals surface area (Å²) in [4.78, 5) is 0. The molecule has 0 atom stereocenters. The standard InChI is InChI=1S/C12H6F12/c13-9(14,15)7(10(16,17)18)5-2-1-3-6(4-5)8(11(19,20)21)12(22,23)24/h1-4,7-8H. The Morgan fingerprint density at radius 3 is 0.958 bits per heavy atom. The van der Waals surface area contributed by atoms with Crippen molar-refractivity contribution >= 4 is 0 Å². The normalized spacial score (nSPS) is 14.6. The largest absolute Gasteiger partial charge is 0.404 e. The second-order valence-electron chi connectivity index (χ2n) is 4.70. The third kappa shape index (κ3) is 4.69. The van der Waals surface area contributed by atoms with Gasteiger partial charge in [-0.15, -0.1) is 0 Å². The van der Waals surface area contributed by atoms with E-state index in [2.05, 4.69) is 0 Å². The van der Waals surface area contributed by atoms with Crippen molar-refractivity contribution in [2.75, 3.05) is 0 Å². The molecule has 24 heavy (non-hydrogen) atoms. The Balaban J connectivity index is 3.51. The molecule has 0 aliphatic rings. The van der Waals surface area contributed by atoms with E-state index in [0.29, 0.717) is 0 Å². The van der Waals surface area contributed by atoms with Crippen LogP contribution in [-0.4, -0.2) is 24.7 Å². The molecule has 12 heteroatoms. The lowest BCUT2D eigenvalue weighted by atomic mass is 9.91. The van der Waals surface area contributed by atoms with Gasteiger partial charge in [0.2, 0.25) is 0 Å². The van der Waals surface area contributed by atoms with Crippen molar-refractivity contribution in [1.82, 2.24) is 0 Å². The Hall–Kier alpha value is -1.62. The third-order valence-electron chi connectivity index (χ3n) is 2.89. The van der Waals surface area contributed by atoms with Crippen LogP contribution in [0.3, 0.4) is 0 Å². The van der Waals surface area contributed by atoms with Gasteiger partial charge in [-0.3, -0.25) is 0 Å². The van der Waals surface area contributed by atoms with Gasteiger partial charge in [-0.25, -0.2) is 0 Å². The van der Waals surface area contributed by atoms with Gasteiger partial charge >= 0.3 is 24.7 Å². The molecule has 0 radical (unpaired) electrons. The molecule has 1 aromatic carbocycles. The van der Waals surface area contributed by atoms with Gasteiger partial charge in [0.25, 0.3) is 0 Å². The lowest BCUT2D eigenvalue weighted by Crippen LogP contribution is -2.36. The fourth-order valence-corrected chi connectivity index (χ4v) is 2.05. The zero-order valence-corrected chi connectivity index (χ0v) is 11.0. The molecule has 0 saturated heterocycles. The Kier molecular flexibility index (Phi) is 5.13. The molecule has 0 aromatic heterocycles. The number of hydrogen-bond acceptors (Lipinski definition) is 0. The summed E-state index contributed by atoms with van der Waals surface area (Å²) in [7, 11) is 0. The molecule has 0 saturated carbocycles. The van der Waals surface area contributed by atoms with Crippen LogP contribution in [0.4, 0.5) is 52.7 Å². The van der Waals surface area contributed by atoms with E-state index < -0.39 is 47.7 Å². The number of alkyl halides is 12. The first-order valence-corrected chi connectivity index (χ1v) is 5.82. The van der Waals surface area contributed by atoms with Crippen LogP contribution in [0.25, 0.3) is 0 Å². The lowest BCUT2D eigenvalue weighted by molar-refractivity contribution is -0.253. The summed E-state index contributed by atoms with van der Waals surface area (Å²) >= 11 is 0. The second kappa shape index (κ2) is 6.03. The van der Waals surface area contributed by atoms with Crippen LogP contribution in [0, 0.1) is 0 Å². The molecule has 0 fully saturated rings. The molecular formula is C12H6F12. The van der Waals surface area contributed by atoms with Crippen molar-refractivity contribution in [2.45, 2.75) is 36.5 Å². The molecule has 0 unspecified atom stereocenters. The van der Waals surface area contributed by atoms with Crippen LogP contribution < -0.4 is 0 Å². The Morgan fingerprint density at radius 1 is 0.500 bits per heavy atom. The quantitative estimate of drug-likeness (QED) is 0.546. The minimum Gasteiger partial charge on any atom is -0.170 e. The molecule has 138 valence electrons. The summed E-state index contributed by atoms with van der Waals surface area (Å²) in [5, 5.41) is 0. The highest BCUT2D eigenvalue weighted by atomic mass is 19.4. The molecule has 1 aromatic rings. The molecule has 0 bridgehead atoms. The molecule has 0 aliphatic carbocycles. The summed E-state index contributed by atoms with van der Waals surface area (Å²) in [5.41, 5.74) is -3.52. The Labute approximate surface area is 126 Å². The summed E-state index contributed by atoms with van der Waals surface area (Å²) < 4.78 is 150. The Morgan fingerprint density at radius 2 is 0.750 bits per heavy atom. The highest BCUT2D eigenvalue weighted by Crippen LogP contribution is 2.49. The van der Waals surface area contributed by atoms with Crippen LogP contribution in [0.2, 0.25) is 0 Å². The third-order valence-corrected chi connectivity index (χ3v) is 2.89. The summed E-state index contributed by atoms with van der Waals surface area (Å²) in [5.74, 6) is -8.40. The number of hydrogen-bond donors (Lipinski definition) is 0. The van der Waals surface area contributed by atoms with Gasteiger partial charge in [-0.1, -0.05) is 24.3 Å². The van der Waals surface area contributed by atoms with E-state index in [1.807, 2.05) is 0 Å². The minimum atomic E-state index is -5.94. The van der Waals surface area contributed by atoms with E-state index in [1.54, 1.807) is 0 Å². The molecule has 0 heterocycles. The van der Waals surface area contributed by atoms with Crippen molar-refractivity contribution in [3.05, 3.63) is 35.4 Å². The predicted molar refractivity (Wildman–Crippen MR) is 56.1 cm³/mol. The lowest BCUT2D eigenvalue weighted by Gasteiger charge is -2.26. The predicted octanol–water partition coefficient (Wildman–Crippen LogP) is 6.10. The van der Waals surface area contributed by atoms with Gasteiger partial charge in [0, 0.05) is 0 Å². The zero-order chi connectivity index (χ0) is 19.1.